The van der Waals surface area contributed by atoms with Crippen LogP contribution in [0, 0.1) is 5.82 Å². The third-order valence-corrected chi connectivity index (χ3v) is 7.08. The van der Waals surface area contributed by atoms with E-state index >= 15 is 0 Å². The van der Waals surface area contributed by atoms with Crippen LogP contribution in [0.3, 0.4) is 0 Å². The van der Waals surface area contributed by atoms with E-state index in [-0.39, 0.29) is 24.6 Å². The van der Waals surface area contributed by atoms with Gasteiger partial charge < -0.3 is 10.6 Å². The van der Waals surface area contributed by atoms with Crippen LogP contribution in [0.1, 0.15) is 24.0 Å². The van der Waals surface area contributed by atoms with E-state index in [1.165, 1.54) is 29.3 Å². The molecule has 2 aromatic rings. The topological polar surface area (TPSA) is 87.3 Å². The van der Waals surface area contributed by atoms with E-state index in [2.05, 4.69) is 15.4 Å². The minimum atomic E-state index is -3.82. The van der Waals surface area contributed by atoms with Gasteiger partial charge in [-0.2, -0.15) is 0 Å². The van der Waals surface area contributed by atoms with Crippen molar-refractivity contribution in [2.75, 3.05) is 16.6 Å². The number of halogens is 1. The molecule has 0 radical (unpaired) electrons. The summed E-state index contributed by atoms with van der Waals surface area (Å²) in [6.45, 7) is 0.131. The first-order chi connectivity index (χ1) is 13.4. The summed E-state index contributed by atoms with van der Waals surface area (Å²) in [6.07, 6.45) is 3.34. The normalized spacial score (nSPS) is 21.3. The number of nitrogens with one attached hydrogen (secondary N) is 3. The maximum Gasteiger partial charge on any atom is 0.241 e. The third-order valence-electron chi connectivity index (χ3n) is 5.34. The van der Waals surface area contributed by atoms with Crippen molar-refractivity contribution in [1.29, 1.82) is 0 Å². The number of rotatable bonds is 5. The maximum atomic E-state index is 13.7. The molecule has 2 atom stereocenters. The minimum Gasteiger partial charge on any atom is -0.325 e. The second-order valence-electron chi connectivity index (χ2n) is 7.27. The molecule has 1 fully saturated rings. The zero-order valence-corrected chi connectivity index (χ0v) is 16.1. The highest BCUT2D eigenvalue weighted by Crippen LogP contribution is 2.26. The molecule has 2 aliphatic rings. The molecule has 4 rings (SSSR count). The highest BCUT2D eigenvalue weighted by Gasteiger charge is 2.37. The second-order valence-corrected chi connectivity index (χ2v) is 9.23. The largest absolute Gasteiger partial charge is 0.325 e. The number of carbonyl (C=O) groups excluding carboxylic acids is 1. The fourth-order valence-electron chi connectivity index (χ4n) is 3.80. The predicted molar refractivity (Wildman–Crippen MR) is 106 cm³/mol. The Hall–Kier alpha value is -2.45. The zero-order chi connectivity index (χ0) is 19.7. The summed E-state index contributed by atoms with van der Waals surface area (Å²) in [5.74, 6) is -0.899. The summed E-state index contributed by atoms with van der Waals surface area (Å²) < 4.78 is 41.2. The monoisotopic (exact) mass is 403 g/mol. The van der Waals surface area contributed by atoms with E-state index < -0.39 is 27.1 Å². The lowest BCUT2D eigenvalue weighted by Crippen LogP contribution is -2.35. The smallest absolute Gasteiger partial charge is 0.241 e. The highest BCUT2D eigenvalue weighted by atomic mass is 32.2. The van der Waals surface area contributed by atoms with Gasteiger partial charge in [-0.15, -0.1) is 0 Å². The van der Waals surface area contributed by atoms with E-state index in [0.29, 0.717) is 0 Å². The third kappa shape index (κ3) is 3.88. The van der Waals surface area contributed by atoms with Crippen LogP contribution < -0.4 is 15.4 Å². The average molecular weight is 403 g/mol. The van der Waals surface area contributed by atoms with Crippen molar-refractivity contribution in [3.05, 3.63) is 59.4 Å². The molecule has 2 aromatic carbocycles. The first-order valence-electron chi connectivity index (χ1n) is 9.34. The fourth-order valence-corrected chi connectivity index (χ4v) is 5.20. The molecule has 8 heteroatoms. The van der Waals surface area contributed by atoms with Gasteiger partial charge in [-0.1, -0.05) is 18.2 Å². The van der Waals surface area contributed by atoms with Gasteiger partial charge in [-0.3, -0.25) is 9.52 Å². The molecule has 28 heavy (non-hydrogen) atoms. The molecule has 3 N–H and O–H groups in total. The Morgan fingerprint density at radius 1 is 1.11 bits per heavy atom. The van der Waals surface area contributed by atoms with Crippen LogP contribution in [0.5, 0.6) is 0 Å². The lowest BCUT2D eigenvalue weighted by molar-refractivity contribution is -0.117. The lowest BCUT2D eigenvalue weighted by atomic mass is 10.1. The number of anilines is 2. The summed E-state index contributed by atoms with van der Waals surface area (Å²) in [5.41, 5.74) is 3.21. The van der Waals surface area contributed by atoms with Crippen molar-refractivity contribution in [2.24, 2.45) is 0 Å². The van der Waals surface area contributed by atoms with Crippen LogP contribution in [0.2, 0.25) is 0 Å². The summed E-state index contributed by atoms with van der Waals surface area (Å²) in [4.78, 5) is 12.6. The van der Waals surface area contributed by atoms with E-state index in [1.54, 1.807) is 6.07 Å². The van der Waals surface area contributed by atoms with E-state index in [1.807, 2.05) is 18.2 Å². The van der Waals surface area contributed by atoms with Crippen LogP contribution in [-0.4, -0.2) is 32.2 Å². The molecule has 0 bridgehead atoms. The first-order valence-corrected chi connectivity index (χ1v) is 10.9. The van der Waals surface area contributed by atoms with Gasteiger partial charge in [0.2, 0.25) is 15.9 Å². The fraction of sp³-hybridized carbons (Fsp3) is 0.350. The molecule has 1 aliphatic carbocycles. The molecule has 1 aliphatic heterocycles. The molecule has 1 amide bonds. The van der Waals surface area contributed by atoms with Gasteiger partial charge in [0, 0.05) is 12.2 Å². The number of para-hydroxylation sites is 1. The first kappa shape index (κ1) is 18.9. The number of sulfonamides is 1. The number of fused-ring (bicyclic) bond motifs is 1. The van der Waals surface area contributed by atoms with Gasteiger partial charge in [0.15, 0.2) is 0 Å². The number of benzene rings is 2. The Balaban J connectivity index is 1.39. The second kappa shape index (κ2) is 7.52. The zero-order valence-electron chi connectivity index (χ0n) is 15.2. The van der Waals surface area contributed by atoms with Crippen LogP contribution in [-0.2, 0) is 27.7 Å². The maximum absolute atomic E-state index is 13.7. The van der Waals surface area contributed by atoms with Gasteiger partial charge in [0.25, 0.3) is 0 Å². The Bertz CT molecular complexity index is 1010. The molecule has 148 valence electrons. The Kier molecular flexibility index (Phi) is 5.07. The number of carbonyl (C=O) groups is 1. The lowest BCUT2D eigenvalue weighted by Gasteiger charge is -2.14. The van der Waals surface area contributed by atoms with Gasteiger partial charge in [0.1, 0.15) is 5.82 Å². The van der Waals surface area contributed by atoms with Crippen LogP contribution in [0.4, 0.5) is 15.8 Å². The minimum absolute atomic E-state index is 0.0893. The van der Waals surface area contributed by atoms with Crippen LogP contribution >= 0.6 is 0 Å². The summed E-state index contributed by atoms with van der Waals surface area (Å²) >= 11 is 0. The van der Waals surface area contributed by atoms with Gasteiger partial charge in [0.05, 0.1) is 17.0 Å². The van der Waals surface area contributed by atoms with Gasteiger partial charge >= 0.3 is 0 Å². The number of hydrogen-bond acceptors (Lipinski definition) is 4. The molecular formula is C20H22FN3O3S. The summed E-state index contributed by atoms with van der Waals surface area (Å²) in [7, 11) is -3.82. The van der Waals surface area contributed by atoms with Crippen molar-refractivity contribution in [2.45, 2.75) is 37.0 Å². The van der Waals surface area contributed by atoms with Crippen molar-refractivity contribution >= 4 is 27.3 Å². The number of amides is 1. The molecule has 1 heterocycles. The van der Waals surface area contributed by atoms with E-state index in [9.17, 15) is 17.6 Å². The van der Waals surface area contributed by atoms with Crippen molar-refractivity contribution in [3.8, 4) is 0 Å². The number of hydrogen-bond donors (Lipinski definition) is 3. The Morgan fingerprint density at radius 2 is 1.89 bits per heavy atom. The van der Waals surface area contributed by atoms with E-state index in [4.69, 9.17) is 0 Å². The quantitative estimate of drug-likeness (QED) is 0.716. The molecule has 1 saturated heterocycles. The highest BCUT2D eigenvalue weighted by molar-refractivity contribution is 7.93. The average Bonchev–Trinajstić information content (AvgIpc) is 3.32. The van der Waals surface area contributed by atoms with Gasteiger partial charge in [-0.25, -0.2) is 12.8 Å². The standard InChI is InChI=1S/C20H22FN3O3S/c21-17-6-1-2-7-18(17)24-28(26,27)16-11-19(22-12-16)20(25)23-15-9-8-13-4-3-5-14(13)10-15/h1-2,6-10,16,19,22,24H,3-5,11-12H2,(H,23,25). The molecule has 0 aromatic heterocycles. The molecule has 0 spiro atoms. The predicted octanol–water partition coefficient (Wildman–Crippen LogP) is 2.43. The van der Waals surface area contributed by atoms with Crippen molar-refractivity contribution in [1.82, 2.24) is 5.32 Å². The molecule has 6 nitrogen and oxygen atoms in total. The summed E-state index contributed by atoms with van der Waals surface area (Å²) in [6, 6.07) is 10.9. The Morgan fingerprint density at radius 3 is 2.71 bits per heavy atom. The van der Waals surface area contributed by atoms with Crippen LogP contribution in [0.15, 0.2) is 42.5 Å². The van der Waals surface area contributed by atoms with E-state index in [0.717, 1.165) is 24.9 Å². The Labute approximate surface area is 163 Å². The van der Waals surface area contributed by atoms with Crippen LogP contribution in [0.25, 0.3) is 0 Å². The molecule has 2 unspecified atom stereocenters. The molecular weight excluding hydrogens is 381 g/mol. The SMILES string of the molecule is O=C(Nc1ccc2c(c1)CCC2)C1CC(S(=O)(=O)Nc2ccccc2F)CN1. The summed E-state index contributed by atoms with van der Waals surface area (Å²) in [5, 5.41) is 5.01. The van der Waals surface area contributed by atoms with Crippen molar-refractivity contribution in [3.63, 3.8) is 0 Å². The number of aryl methyl sites for hydroxylation is 2. The molecule has 0 saturated carbocycles. The van der Waals surface area contributed by atoms with Crippen molar-refractivity contribution < 1.29 is 17.6 Å². The van der Waals surface area contributed by atoms with Gasteiger partial charge in [-0.05, 0) is 61.1 Å².